The van der Waals surface area contributed by atoms with E-state index in [1.165, 1.54) is 6.08 Å². The van der Waals surface area contributed by atoms with Gasteiger partial charge in [-0.25, -0.2) is 4.79 Å². The standard InChI is InChI=1S/C22H21N3O2/c23-12-5-14-25-17-19(20-8-1-2-9-21(20)25)10-11-22(26)27-15-4-7-18-6-3-13-24-16-18/h1-3,6,8-11,13,16-17H,4-5,7,14-15H2/b11-10+. The van der Waals surface area contributed by atoms with Crippen molar-refractivity contribution in [2.24, 2.45) is 0 Å². The molecule has 0 saturated carbocycles. The minimum absolute atomic E-state index is 0.352. The monoisotopic (exact) mass is 359 g/mol. The highest BCUT2D eigenvalue weighted by Crippen LogP contribution is 2.22. The average molecular weight is 359 g/mol. The van der Waals surface area contributed by atoms with Crippen LogP contribution in [-0.4, -0.2) is 22.1 Å². The molecule has 0 spiro atoms. The molecule has 0 aliphatic rings. The molecule has 136 valence electrons. The maximum absolute atomic E-state index is 12.0. The first-order valence-electron chi connectivity index (χ1n) is 8.96. The highest BCUT2D eigenvalue weighted by atomic mass is 16.5. The van der Waals surface area contributed by atoms with Crippen LogP contribution in [0.1, 0.15) is 24.0 Å². The lowest BCUT2D eigenvalue weighted by Gasteiger charge is -2.02. The van der Waals surface area contributed by atoms with Crippen LogP contribution in [0.4, 0.5) is 0 Å². The van der Waals surface area contributed by atoms with Gasteiger partial charge in [-0.15, -0.1) is 0 Å². The molecule has 0 radical (unpaired) electrons. The zero-order chi connectivity index (χ0) is 18.9. The maximum atomic E-state index is 12.0. The topological polar surface area (TPSA) is 67.9 Å². The van der Waals surface area contributed by atoms with Crippen molar-refractivity contribution in [3.8, 4) is 6.07 Å². The highest BCUT2D eigenvalue weighted by molar-refractivity contribution is 5.94. The summed E-state index contributed by atoms with van der Waals surface area (Å²) >= 11 is 0. The molecule has 27 heavy (non-hydrogen) atoms. The molecule has 5 nitrogen and oxygen atoms in total. The van der Waals surface area contributed by atoms with Gasteiger partial charge in [-0.2, -0.15) is 5.26 Å². The van der Waals surface area contributed by atoms with E-state index >= 15 is 0 Å². The van der Waals surface area contributed by atoms with Crippen LogP contribution in [0.2, 0.25) is 0 Å². The number of carbonyl (C=O) groups is 1. The number of esters is 1. The zero-order valence-electron chi connectivity index (χ0n) is 15.0. The number of benzene rings is 1. The maximum Gasteiger partial charge on any atom is 0.330 e. The number of ether oxygens (including phenoxy) is 1. The Hall–Kier alpha value is -3.39. The van der Waals surface area contributed by atoms with E-state index in [0.29, 0.717) is 19.6 Å². The molecule has 0 bridgehead atoms. The molecular formula is C22H21N3O2. The normalized spacial score (nSPS) is 10.9. The van der Waals surface area contributed by atoms with Gasteiger partial charge in [0.1, 0.15) is 0 Å². The van der Waals surface area contributed by atoms with Crippen LogP contribution in [0.3, 0.4) is 0 Å². The van der Waals surface area contributed by atoms with Gasteiger partial charge in [-0.3, -0.25) is 4.98 Å². The Labute approximate surface area is 158 Å². The molecule has 2 heterocycles. The number of aryl methyl sites for hydroxylation is 2. The zero-order valence-corrected chi connectivity index (χ0v) is 15.0. The van der Waals surface area contributed by atoms with E-state index < -0.39 is 0 Å². The van der Waals surface area contributed by atoms with E-state index in [1.54, 1.807) is 12.3 Å². The smallest absolute Gasteiger partial charge is 0.330 e. The van der Waals surface area contributed by atoms with Gasteiger partial charge in [0, 0.05) is 47.7 Å². The van der Waals surface area contributed by atoms with E-state index in [0.717, 1.165) is 34.9 Å². The Balaban J connectivity index is 1.57. The molecule has 3 aromatic rings. The Morgan fingerprint density at radius 2 is 2.15 bits per heavy atom. The molecule has 0 atom stereocenters. The summed E-state index contributed by atoms with van der Waals surface area (Å²) in [6.07, 6.45) is 10.8. The number of rotatable bonds is 8. The van der Waals surface area contributed by atoms with Gasteiger partial charge in [-0.05, 0) is 36.6 Å². The molecule has 0 fully saturated rings. The van der Waals surface area contributed by atoms with E-state index in [9.17, 15) is 4.79 Å². The fourth-order valence-corrected chi connectivity index (χ4v) is 2.96. The highest BCUT2D eigenvalue weighted by Gasteiger charge is 2.06. The van der Waals surface area contributed by atoms with E-state index in [4.69, 9.17) is 10.00 Å². The first-order chi connectivity index (χ1) is 13.3. The Bertz CT molecular complexity index is 968. The number of aromatic nitrogens is 2. The molecule has 2 aromatic heterocycles. The lowest BCUT2D eigenvalue weighted by molar-refractivity contribution is -0.137. The van der Waals surface area contributed by atoms with Gasteiger partial charge >= 0.3 is 5.97 Å². The van der Waals surface area contributed by atoms with Crippen LogP contribution in [0.25, 0.3) is 17.0 Å². The fraction of sp³-hybridized carbons (Fsp3) is 0.227. The summed E-state index contributed by atoms with van der Waals surface area (Å²) < 4.78 is 7.31. The average Bonchev–Trinajstić information content (AvgIpc) is 3.07. The largest absolute Gasteiger partial charge is 0.463 e. The Kier molecular flexibility index (Phi) is 6.37. The molecule has 0 aliphatic heterocycles. The van der Waals surface area contributed by atoms with Crippen molar-refractivity contribution in [2.45, 2.75) is 25.8 Å². The van der Waals surface area contributed by atoms with E-state index in [1.807, 2.05) is 53.4 Å². The van der Waals surface area contributed by atoms with Crippen LogP contribution >= 0.6 is 0 Å². The number of hydrogen-bond donors (Lipinski definition) is 0. The molecule has 0 N–H and O–H groups in total. The second kappa shape index (κ2) is 9.35. The lowest BCUT2D eigenvalue weighted by Crippen LogP contribution is -2.03. The number of pyridine rings is 1. The molecule has 0 amide bonds. The first-order valence-corrected chi connectivity index (χ1v) is 8.96. The molecule has 0 aliphatic carbocycles. The molecule has 1 aromatic carbocycles. The Morgan fingerprint density at radius 1 is 1.26 bits per heavy atom. The number of nitriles is 1. The predicted octanol–water partition coefficient (Wildman–Crippen LogP) is 4.14. The van der Waals surface area contributed by atoms with Crippen molar-refractivity contribution >= 4 is 22.9 Å². The Morgan fingerprint density at radius 3 is 2.96 bits per heavy atom. The third-order valence-corrected chi connectivity index (χ3v) is 4.26. The van der Waals surface area contributed by atoms with Crippen LogP contribution in [0.5, 0.6) is 0 Å². The van der Waals surface area contributed by atoms with Crippen molar-refractivity contribution in [3.05, 3.63) is 72.2 Å². The SMILES string of the molecule is N#CCCn1cc(/C=C/C(=O)OCCCc2cccnc2)c2ccccc21. The predicted molar refractivity (Wildman–Crippen MR) is 105 cm³/mol. The molecule has 0 unspecified atom stereocenters. The number of carbonyl (C=O) groups excluding carboxylic acids is 1. The summed E-state index contributed by atoms with van der Waals surface area (Å²) in [4.78, 5) is 16.0. The van der Waals surface area contributed by atoms with Crippen LogP contribution in [-0.2, 0) is 22.5 Å². The third-order valence-electron chi connectivity index (χ3n) is 4.26. The lowest BCUT2D eigenvalue weighted by atomic mass is 10.1. The van der Waals surface area contributed by atoms with Gasteiger partial charge in [-0.1, -0.05) is 24.3 Å². The van der Waals surface area contributed by atoms with Crippen LogP contribution < -0.4 is 0 Å². The summed E-state index contributed by atoms with van der Waals surface area (Å²) in [7, 11) is 0. The molecule has 3 rings (SSSR count). The fourth-order valence-electron chi connectivity index (χ4n) is 2.96. The summed E-state index contributed by atoms with van der Waals surface area (Å²) in [5.41, 5.74) is 3.13. The second-order valence-corrected chi connectivity index (χ2v) is 6.17. The van der Waals surface area contributed by atoms with Gasteiger partial charge in [0.15, 0.2) is 0 Å². The summed E-state index contributed by atoms with van der Waals surface area (Å²) in [5, 5.41) is 9.87. The van der Waals surface area contributed by atoms with E-state index in [-0.39, 0.29) is 5.97 Å². The molecular weight excluding hydrogens is 338 g/mol. The van der Waals surface area contributed by atoms with Crippen LogP contribution in [0, 0.1) is 11.3 Å². The van der Waals surface area contributed by atoms with Gasteiger partial charge in [0.05, 0.1) is 19.1 Å². The number of nitrogens with zero attached hydrogens (tertiary/aromatic N) is 3. The summed E-state index contributed by atoms with van der Waals surface area (Å²) in [6.45, 7) is 1.01. The van der Waals surface area contributed by atoms with Crippen molar-refractivity contribution in [1.82, 2.24) is 9.55 Å². The quantitative estimate of drug-likeness (QED) is 0.344. The third kappa shape index (κ3) is 5.05. The van der Waals surface area contributed by atoms with E-state index in [2.05, 4.69) is 11.1 Å². The van der Waals surface area contributed by atoms with Gasteiger partial charge in [0.25, 0.3) is 0 Å². The van der Waals surface area contributed by atoms with Crippen molar-refractivity contribution in [3.63, 3.8) is 0 Å². The second-order valence-electron chi connectivity index (χ2n) is 6.17. The number of para-hydroxylation sites is 1. The van der Waals surface area contributed by atoms with Crippen molar-refractivity contribution < 1.29 is 9.53 Å². The minimum Gasteiger partial charge on any atom is -0.463 e. The molecule has 0 saturated heterocycles. The van der Waals surface area contributed by atoms with Crippen molar-refractivity contribution in [2.75, 3.05) is 6.61 Å². The number of hydrogen-bond acceptors (Lipinski definition) is 4. The van der Waals surface area contributed by atoms with Crippen molar-refractivity contribution in [1.29, 1.82) is 5.26 Å². The molecule has 5 heteroatoms. The summed E-state index contributed by atoms with van der Waals surface area (Å²) in [6, 6.07) is 14.0. The first kappa shape index (κ1) is 18.4. The number of fused-ring (bicyclic) bond motifs is 1. The van der Waals surface area contributed by atoms with Crippen LogP contribution in [0.15, 0.2) is 61.1 Å². The van der Waals surface area contributed by atoms with Gasteiger partial charge < -0.3 is 9.30 Å². The minimum atomic E-state index is -0.352. The summed E-state index contributed by atoms with van der Waals surface area (Å²) in [5.74, 6) is -0.352. The van der Waals surface area contributed by atoms with Gasteiger partial charge in [0.2, 0.25) is 0 Å².